The number of hydrogen-bond acceptors (Lipinski definition) is 3. The Morgan fingerprint density at radius 1 is 0.784 bits per heavy atom. The van der Waals surface area contributed by atoms with Gasteiger partial charge in [0.25, 0.3) is 0 Å². The Balaban J connectivity index is 1.45. The van der Waals surface area contributed by atoms with Gasteiger partial charge in [0.1, 0.15) is 6.61 Å². The van der Waals surface area contributed by atoms with E-state index in [0.29, 0.717) is 24.7 Å². The van der Waals surface area contributed by atoms with E-state index < -0.39 is 0 Å². The molecule has 1 amide bonds. The van der Waals surface area contributed by atoms with Crippen molar-refractivity contribution in [3.63, 3.8) is 0 Å². The van der Waals surface area contributed by atoms with E-state index in [-0.39, 0.29) is 17.9 Å². The number of rotatable bonds is 10. The molecule has 0 N–H and O–H groups in total. The zero-order chi connectivity index (χ0) is 25.5. The van der Waals surface area contributed by atoms with Crippen LogP contribution in [0, 0.1) is 5.92 Å². The van der Waals surface area contributed by atoms with Crippen LogP contribution in [0.15, 0.2) is 109 Å². The first-order chi connectivity index (χ1) is 18.2. The van der Waals surface area contributed by atoms with Gasteiger partial charge >= 0.3 is 0 Å². The second-order valence-electron chi connectivity index (χ2n) is 9.58. The molecule has 0 aliphatic heterocycles. The SMILES string of the molecule is COc1cc(CN(C(=O)C2CCC2)C(c2ccccc2)c2ccccc2)ccc1OCc1ccccc1. The summed E-state index contributed by atoms with van der Waals surface area (Å²) in [6.45, 7) is 0.950. The van der Waals surface area contributed by atoms with Crippen molar-refractivity contribution < 1.29 is 14.3 Å². The Kier molecular flexibility index (Phi) is 7.85. The lowest BCUT2D eigenvalue weighted by Crippen LogP contribution is -2.41. The summed E-state index contributed by atoms with van der Waals surface area (Å²) in [6.07, 6.45) is 3.04. The topological polar surface area (TPSA) is 38.8 Å². The zero-order valence-electron chi connectivity index (χ0n) is 21.3. The van der Waals surface area contributed by atoms with E-state index in [0.717, 1.165) is 41.5 Å². The number of carbonyl (C=O) groups excluding carboxylic acids is 1. The molecule has 1 saturated carbocycles. The number of benzene rings is 4. The molecule has 0 saturated heterocycles. The van der Waals surface area contributed by atoms with Crippen molar-refractivity contribution in [1.82, 2.24) is 4.90 Å². The molecule has 37 heavy (non-hydrogen) atoms. The van der Waals surface area contributed by atoms with Crippen LogP contribution in [0.5, 0.6) is 11.5 Å². The third-order valence-electron chi connectivity index (χ3n) is 7.10. The minimum absolute atomic E-state index is 0.0882. The Morgan fingerprint density at radius 2 is 1.38 bits per heavy atom. The number of carbonyl (C=O) groups is 1. The minimum atomic E-state index is -0.171. The van der Waals surface area contributed by atoms with Crippen molar-refractivity contribution in [3.05, 3.63) is 131 Å². The molecule has 0 bridgehead atoms. The highest BCUT2D eigenvalue weighted by Crippen LogP contribution is 2.37. The van der Waals surface area contributed by atoms with Gasteiger partial charge in [-0.15, -0.1) is 0 Å². The first-order valence-corrected chi connectivity index (χ1v) is 13.0. The zero-order valence-corrected chi connectivity index (χ0v) is 21.3. The number of ether oxygens (including phenoxy) is 2. The van der Waals surface area contributed by atoms with Gasteiger partial charge in [0.05, 0.1) is 13.2 Å². The standard InChI is InChI=1S/C33H33NO3/c1-36-31-22-26(20-21-30(31)37-24-25-12-5-2-6-13-25)23-34(33(35)29-18-11-19-29)32(27-14-7-3-8-15-27)28-16-9-4-10-17-28/h2-10,12-17,20-22,29,32H,11,18-19,23-24H2,1H3. The van der Waals surface area contributed by atoms with Gasteiger partial charge in [-0.2, -0.15) is 0 Å². The highest BCUT2D eigenvalue weighted by atomic mass is 16.5. The van der Waals surface area contributed by atoms with Gasteiger partial charge in [-0.25, -0.2) is 0 Å². The van der Waals surface area contributed by atoms with E-state index in [1.54, 1.807) is 7.11 Å². The fourth-order valence-corrected chi connectivity index (χ4v) is 4.87. The molecule has 188 valence electrons. The second-order valence-corrected chi connectivity index (χ2v) is 9.58. The summed E-state index contributed by atoms with van der Waals surface area (Å²) in [4.78, 5) is 15.9. The van der Waals surface area contributed by atoms with E-state index in [4.69, 9.17) is 9.47 Å². The van der Waals surface area contributed by atoms with Gasteiger partial charge in [-0.1, -0.05) is 103 Å². The van der Waals surface area contributed by atoms with E-state index in [2.05, 4.69) is 24.3 Å². The second kappa shape index (κ2) is 11.8. The summed E-state index contributed by atoms with van der Waals surface area (Å²) in [6, 6.07) is 36.5. The normalized spacial score (nSPS) is 13.1. The van der Waals surface area contributed by atoms with E-state index in [9.17, 15) is 4.79 Å². The first kappa shape index (κ1) is 24.6. The number of nitrogens with zero attached hydrogens (tertiary/aromatic N) is 1. The van der Waals surface area contributed by atoms with Gasteiger partial charge in [0, 0.05) is 12.5 Å². The third kappa shape index (κ3) is 5.86. The monoisotopic (exact) mass is 491 g/mol. The fraction of sp³-hybridized carbons (Fsp3) is 0.242. The Morgan fingerprint density at radius 3 is 1.92 bits per heavy atom. The molecule has 1 aliphatic rings. The Bertz CT molecular complexity index is 1250. The van der Waals surface area contributed by atoms with Crippen LogP contribution in [0.1, 0.15) is 47.6 Å². The molecule has 1 fully saturated rings. The van der Waals surface area contributed by atoms with Crippen LogP contribution in [0.25, 0.3) is 0 Å². The molecule has 4 aromatic carbocycles. The molecular formula is C33H33NO3. The summed E-state index contributed by atoms with van der Waals surface area (Å²) in [7, 11) is 1.66. The molecule has 0 atom stereocenters. The van der Waals surface area contributed by atoms with E-state index in [1.807, 2.05) is 89.8 Å². The summed E-state index contributed by atoms with van der Waals surface area (Å²) < 4.78 is 11.8. The van der Waals surface area contributed by atoms with Gasteiger partial charge in [0.15, 0.2) is 11.5 Å². The van der Waals surface area contributed by atoms with Gasteiger partial charge in [0.2, 0.25) is 5.91 Å². The fourth-order valence-electron chi connectivity index (χ4n) is 4.87. The third-order valence-corrected chi connectivity index (χ3v) is 7.10. The summed E-state index contributed by atoms with van der Waals surface area (Å²) in [5, 5.41) is 0. The minimum Gasteiger partial charge on any atom is -0.493 e. The van der Waals surface area contributed by atoms with Crippen molar-refractivity contribution in [2.75, 3.05) is 7.11 Å². The van der Waals surface area contributed by atoms with Crippen LogP contribution in [0.4, 0.5) is 0 Å². The molecule has 4 nitrogen and oxygen atoms in total. The average Bonchev–Trinajstić information content (AvgIpc) is 2.92. The lowest BCUT2D eigenvalue weighted by atomic mass is 9.83. The van der Waals surface area contributed by atoms with Crippen LogP contribution >= 0.6 is 0 Å². The summed E-state index contributed by atoms with van der Waals surface area (Å²) in [5.74, 6) is 1.66. The predicted octanol–water partition coefficient (Wildman–Crippen LogP) is 7.19. The van der Waals surface area contributed by atoms with Crippen molar-refractivity contribution in [3.8, 4) is 11.5 Å². The quantitative estimate of drug-likeness (QED) is 0.236. The molecule has 0 spiro atoms. The van der Waals surface area contributed by atoms with Crippen LogP contribution in [0.3, 0.4) is 0 Å². The molecule has 4 aromatic rings. The van der Waals surface area contributed by atoms with Gasteiger partial charge in [-0.3, -0.25) is 4.79 Å². The summed E-state index contributed by atoms with van der Waals surface area (Å²) in [5.41, 5.74) is 4.32. The molecule has 0 aromatic heterocycles. The lowest BCUT2D eigenvalue weighted by Gasteiger charge is -2.38. The highest BCUT2D eigenvalue weighted by Gasteiger charge is 2.34. The molecule has 5 rings (SSSR count). The molecule has 0 heterocycles. The number of methoxy groups -OCH3 is 1. The number of hydrogen-bond donors (Lipinski definition) is 0. The largest absolute Gasteiger partial charge is 0.493 e. The molecule has 1 aliphatic carbocycles. The van der Waals surface area contributed by atoms with E-state index >= 15 is 0 Å². The van der Waals surface area contributed by atoms with Crippen molar-refractivity contribution >= 4 is 5.91 Å². The van der Waals surface area contributed by atoms with Crippen LogP contribution in [0.2, 0.25) is 0 Å². The molecule has 4 heteroatoms. The van der Waals surface area contributed by atoms with Crippen molar-refractivity contribution in [1.29, 1.82) is 0 Å². The maximum Gasteiger partial charge on any atom is 0.226 e. The van der Waals surface area contributed by atoms with Crippen LogP contribution < -0.4 is 9.47 Å². The Labute approximate surface area is 219 Å². The number of amides is 1. The van der Waals surface area contributed by atoms with Crippen LogP contribution in [-0.4, -0.2) is 17.9 Å². The maximum atomic E-state index is 13.9. The first-order valence-electron chi connectivity index (χ1n) is 13.0. The van der Waals surface area contributed by atoms with Gasteiger partial charge < -0.3 is 14.4 Å². The highest BCUT2D eigenvalue weighted by molar-refractivity contribution is 5.80. The maximum absolute atomic E-state index is 13.9. The predicted molar refractivity (Wildman–Crippen MR) is 146 cm³/mol. The van der Waals surface area contributed by atoms with Gasteiger partial charge in [-0.05, 0) is 47.2 Å². The molecule has 0 unspecified atom stereocenters. The van der Waals surface area contributed by atoms with E-state index in [1.165, 1.54) is 0 Å². The Hall–Kier alpha value is -4.05. The average molecular weight is 492 g/mol. The van der Waals surface area contributed by atoms with Crippen molar-refractivity contribution in [2.45, 2.75) is 38.5 Å². The lowest BCUT2D eigenvalue weighted by molar-refractivity contribution is -0.140. The smallest absolute Gasteiger partial charge is 0.226 e. The van der Waals surface area contributed by atoms with Crippen LogP contribution in [-0.2, 0) is 17.9 Å². The molecular weight excluding hydrogens is 458 g/mol. The van der Waals surface area contributed by atoms with Crippen molar-refractivity contribution in [2.24, 2.45) is 5.92 Å². The molecule has 0 radical (unpaired) electrons. The summed E-state index contributed by atoms with van der Waals surface area (Å²) >= 11 is 0.